The van der Waals surface area contributed by atoms with E-state index in [-0.39, 0.29) is 11.2 Å². The fraction of sp³-hybridized carbons (Fsp3) is 0.417. The summed E-state index contributed by atoms with van der Waals surface area (Å²) in [5, 5.41) is 8.91. The second-order valence-electron chi connectivity index (χ2n) is 3.94. The minimum absolute atomic E-state index is 0.00148. The van der Waals surface area contributed by atoms with Crippen LogP contribution in [0.3, 0.4) is 0 Å². The van der Waals surface area contributed by atoms with E-state index in [1.807, 2.05) is 32.0 Å². The van der Waals surface area contributed by atoms with Crippen molar-refractivity contribution < 1.29 is 9.90 Å². The first-order valence-corrected chi connectivity index (χ1v) is 6.06. The second kappa shape index (κ2) is 5.25. The third-order valence-corrected chi connectivity index (χ3v) is 4.08. The molecule has 3 nitrogen and oxygen atoms in total. The maximum Gasteiger partial charge on any atom is 0.307 e. The average Bonchev–Trinajstić information content (AvgIpc) is 2.23. The summed E-state index contributed by atoms with van der Waals surface area (Å²) in [6.45, 7) is 5.57. The Bertz CT molecular complexity index is 393. The molecule has 0 aliphatic rings. The summed E-state index contributed by atoms with van der Waals surface area (Å²) in [4.78, 5) is 11.8. The SMILES string of the molecule is Cc1cccc(SC(C)C(C)C(=O)O)c1N. The highest BCUT2D eigenvalue weighted by molar-refractivity contribution is 8.00. The molecule has 1 rings (SSSR count). The van der Waals surface area contributed by atoms with Crippen LogP contribution < -0.4 is 5.73 Å². The van der Waals surface area contributed by atoms with Crippen molar-refractivity contribution in [2.75, 3.05) is 5.73 Å². The van der Waals surface area contributed by atoms with Crippen LogP contribution in [0.15, 0.2) is 23.1 Å². The van der Waals surface area contributed by atoms with Crippen molar-refractivity contribution in [2.45, 2.75) is 30.9 Å². The van der Waals surface area contributed by atoms with Crippen molar-refractivity contribution in [1.29, 1.82) is 0 Å². The first-order valence-electron chi connectivity index (χ1n) is 5.18. The van der Waals surface area contributed by atoms with Crippen LogP contribution in [-0.4, -0.2) is 16.3 Å². The molecule has 0 fully saturated rings. The van der Waals surface area contributed by atoms with Crippen molar-refractivity contribution in [3.8, 4) is 0 Å². The number of aryl methyl sites for hydroxylation is 1. The Morgan fingerprint density at radius 2 is 2.06 bits per heavy atom. The molecule has 3 N–H and O–H groups in total. The number of carbonyl (C=O) groups is 1. The average molecular weight is 239 g/mol. The van der Waals surface area contributed by atoms with E-state index >= 15 is 0 Å². The van der Waals surface area contributed by atoms with Crippen LogP contribution in [0.25, 0.3) is 0 Å². The van der Waals surface area contributed by atoms with Crippen LogP contribution >= 0.6 is 11.8 Å². The summed E-state index contributed by atoms with van der Waals surface area (Å²) in [6.07, 6.45) is 0. The first-order chi connectivity index (χ1) is 7.43. The number of nitrogen functional groups attached to an aromatic ring is 1. The highest BCUT2D eigenvalue weighted by Crippen LogP contribution is 2.33. The molecule has 0 aromatic heterocycles. The van der Waals surface area contributed by atoms with Gasteiger partial charge in [-0.25, -0.2) is 0 Å². The zero-order valence-electron chi connectivity index (χ0n) is 9.73. The van der Waals surface area contributed by atoms with E-state index in [0.717, 1.165) is 16.1 Å². The topological polar surface area (TPSA) is 63.3 Å². The van der Waals surface area contributed by atoms with Crippen LogP contribution in [0.1, 0.15) is 19.4 Å². The lowest BCUT2D eigenvalue weighted by Gasteiger charge is -2.17. The van der Waals surface area contributed by atoms with Gasteiger partial charge in [-0.1, -0.05) is 26.0 Å². The fourth-order valence-corrected chi connectivity index (χ4v) is 2.43. The number of hydrogen-bond donors (Lipinski definition) is 2. The normalized spacial score (nSPS) is 14.4. The first kappa shape index (κ1) is 12.9. The molecule has 1 aromatic carbocycles. The highest BCUT2D eigenvalue weighted by atomic mass is 32.2. The Morgan fingerprint density at radius 3 is 2.62 bits per heavy atom. The summed E-state index contributed by atoms with van der Waals surface area (Å²) >= 11 is 1.51. The number of para-hydroxylation sites is 1. The van der Waals surface area contributed by atoms with Crippen molar-refractivity contribution >= 4 is 23.4 Å². The van der Waals surface area contributed by atoms with E-state index in [4.69, 9.17) is 10.8 Å². The standard InChI is InChI=1S/C12H17NO2S/c1-7-5-4-6-10(11(7)13)16-9(3)8(2)12(14)15/h4-6,8-9H,13H2,1-3H3,(H,14,15). The van der Waals surface area contributed by atoms with E-state index in [0.29, 0.717) is 0 Å². The largest absolute Gasteiger partial charge is 0.481 e. The molecule has 0 radical (unpaired) electrons. The van der Waals surface area contributed by atoms with Gasteiger partial charge in [0.2, 0.25) is 0 Å². The van der Waals surface area contributed by atoms with Crippen molar-refractivity contribution in [3.63, 3.8) is 0 Å². The number of thioether (sulfide) groups is 1. The molecule has 0 saturated heterocycles. The molecule has 0 aliphatic heterocycles. The Kier molecular flexibility index (Phi) is 4.24. The number of carboxylic acid groups (broad SMARTS) is 1. The van der Waals surface area contributed by atoms with Crippen molar-refractivity contribution in [1.82, 2.24) is 0 Å². The van der Waals surface area contributed by atoms with Crippen LogP contribution in [-0.2, 0) is 4.79 Å². The van der Waals surface area contributed by atoms with Gasteiger partial charge in [0.1, 0.15) is 0 Å². The zero-order valence-corrected chi connectivity index (χ0v) is 10.5. The summed E-state index contributed by atoms with van der Waals surface area (Å²) < 4.78 is 0. The molecule has 0 bridgehead atoms. The minimum atomic E-state index is -0.772. The number of nitrogens with two attached hydrogens (primary N) is 1. The summed E-state index contributed by atoms with van der Waals surface area (Å²) in [7, 11) is 0. The third kappa shape index (κ3) is 2.92. The number of anilines is 1. The molecule has 4 heteroatoms. The molecule has 16 heavy (non-hydrogen) atoms. The molecule has 1 aromatic rings. The third-order valence-electron chi connectivity index (χ3n) is 2.69. The van der Waals surface area contributed by atoms with Gasteiger partial charge >= 0.3 is 5.97 Å². The smallest absolute Gasteiger partial charge is 0.307 e. The van der Waals surface area contributed by atoms with Crippen molar-refractivity contribution in [2.24, 2.45) is 5.92 Å². The van der Waals surface area contributed by atoms with E-state index in [2.05, 4.69) is 0 Å². The second-order valence-corrected chi connectivity index (χ2v) is 5.36. The predicted octanol–water partition coefficient (Wildman–Crippen LogP) is 2.78. The van der Waals surface area contributed by atoms with Crippen LogP contribution in [0.4, 0.5) is 5.69 Å². The van der Waals surface area contributed by atoms with Crippen LogP contribution in [0.5, 0.6) is 0 Å². The lowest BCUT2D eigenvalue weighted by Crippen LogP contribution is -2.20. The molecule has 0 aliphatic carbocycles. The highest BCUT2D eigenvalue weighted by Gasteiger charge is 2.21. The monoisotopic (exact) mass is 239 g/mol. The Hall–Kier alpha value is -1.16. The fourth-order valence-electron chi connectivity index (χ4n) is 1.26. The number of rotatable bonds is 4. The van der Waals surface area contributed by atoms with Crippen LogP contribution in [0.2, 0.25) is 0 Å². The summed E-state index contributed by atoms with van der Waals surface area (Å²) in [5.74, 6) is -1.16. The molecule has 0 amide bonds. The van der Waals surface area contributed by atoms with Gasteiger partial charge < -0.3 is 10.8 Å². The molecular formula is C12H17NO2S. The molecule has 0 heterocycles. The lowest BCUT2D eigenvalue weighted by atomic mass is 10.1. The Balaban J connectivity index is 2.81. The van der Waals surface area contributed by atoms with E-state index in [9.17, 15) is 4.79 Å². The zero-order chi connectivity index (χ0) is 12.3. The summed E-state index contributed by atoms with van der Waals surface area (Å²) in [6, 6.07) is 5.81. The van der Waals surface area contributed by atoms with E-state index in [1.165, 1.54) is 11.8 Å². The van der Waals surface area contributed by atoms with Crippen LogP contribution in [0, 0.1) is 12.8 Å². The number of benzene rings is 1. The molecule has 2 unspecified atom stereocenters. The van der Waals surface area contributed by atoms with Gasteiger partial charge in [0.15, 0.2) is 0 Å². The molecular weight excluding hydrogens is 222 g/mol. The minimum Gasteiger partial charge on any atom is -0.481 e. The summed E-state index contributed by atoms with van der Waals surface area (Å²) in [5.41, 5.74) is 7.71. The Labute approximate surface area is 100 Å². The van der Waals surface area contributed by atoms with Gasteiger partial charge in [-0.2, -0.15) is 0 Å². The van der Waals surface area contributed by atoms with E-state index in [1.54, 1.807) is 6.92 Å². The molecule has 2 atom stereocenters. The maximum absolute atomic E-state index is 10.8. The van der Waals surface area contributed by atoms with Gasteiger partial charge in [-0.05, 0) is 18.6 Å². The lowest BCUT2D eigenvalue weighted by molar-refractivity contribution is -0.140. The van der Waals surface area contributed by atoms with Gasteiger partial charge in [-0.15, -0.1) is 11.8 Å². The molecule has 88 valence electrons. The number of carboxylic acids is 1. The number of aliphatic carboxylic acids is 1. The van der Waals surface area contributed by atoms with Gasteiger partial charge in [0, 0.05) is 15.8 Å². The van der Waals surface area contributed by atoms with Crippen molar-refractivity contribution in [3.05, 3.63) is 23.8 Å². The predicted molar refractivity (Wildman–Crippen MR) is 67.7 cm³/mol. The quantitative estimate of drug-likeness (QED) is 0.626. The number of hydrogen-bond acceptors (Lipinski definition) is 3. The Morgan fingerprint density at radius 1 is 1.44 bits per heavy atom. The molecule has 0 saturated carbocycles. The van der Waals surface area contributed by atoms with Gasteiger partial charge in [0.25, 0.3) is 0 Å². The van der Waals surface area contributed by atoms with Gasteiger partial charge in [-0.3, -0.25) is 4.79 Å². The van der Waals surface area contributed by atoms with E-state index < -0.39 is 5.97 Å². The molecule has 0 spiro atoms. The van der Waals surface area contributed by atoms with Gasteiger partial charge in [0.05, 0.1) is 5.92 Å². The maximum atomic E-state index is 10.8.